The summed E-state index contributed by atoms with van der Waals surface area (Å²) in [6.45, 7) is 9.77. The molecule has 6 atom stereocenters. The molecule has 152 valence electrons. The van der Waals surface area contributed by atoms with E-state index < -0.39 is 6.10 Å². The van der Waals surface area contributed by atoms with Gasteiger partial charge in [0, 0.05) is 19.3 Å². The second-order valence-corrected chi connectivity index (χ2v) is 8.57. The van der Waals surface area contributed by atoms with Crippen LogP contribution in [-0.2, 0) is 19.1 Å². The number of ether oxygens (including phenoxy) is 2. The number of hydrogen-bond donors (Lipinski definition) is 1. The van der Waals surface area contributed by atoms with E-state index in [-0.39, 0.29) is 42.0 Å². The van der Waals surface area contributed by atoms with Gasteiger partial charge in [0.2, 0.25) is 0 Å². The van der Waals surface area contributed by atoms with Gasteiger partial charge in [-0.3, -0.25) is 9.59 Å². The minimum Gasteiger partial charge on any atom is -0.465 e. The Morgan fingerprint density at radius 1 is 1.44 bits per heavy atom. The van der Waals surface area contributed by atoms with Gasteiger partial charge in [-0.25, -0.2) is 0 Å². The third-order valence-corrected chi connectivity index (χ3v) is 5.99. The van der Waals surface area contributed by atoms with E-state index in [9.17, 15) is 14.7 Å². The minimum absolute atomic E-state index is 0.0382. The number of aliphatic hydroxyl groups is 1. The molecule has 0 amide bonds. The van der Waals surface area contributed by atoms with Gasteiger partial charge in [0.15, 0.2) is 0 Å². The van der Waals surface area contributed by atoms with E-state index in [2.05, 4.69) is 26.8 Å². The maximum atomic E-state index is 11.8. The average molecular weight is 379 g/mol. The van der Waals surface area contributed by atoms with Crippen LogP contribution in [0.5, 0.6) is 0 Å². The number of carbonyl (C=O) groups is 2. The van der Waals surface area contributed by atoms with Gasteiger partial charge in [-0.1, -0.05) is 24.6 Å². The molecule has 5 heteroatoms. The molecule has 27 heavy (non-hydrogen) atoms. The SMILES string of the molecule is CC(=O)OCC1C(C=O)=CCC2OC2(C)CC(O)C1C(C)CCC=C(C)C. The van der Waals surface area contributed by atoms with Crippen LogP contribution in [-0.4, -0.2) is 41.8 Å². The zero-order valence-corrected chi connectivity index (χ0v) is 17.2. The molecule has 0 saturated carbocycles. The summed E-state index contributed by atoms with van der Waals surface area (Å²) in [6.07, 6.45) is 7.36. The van der Waals surface area contributed by atoms with E-state index in [0.29, 0.717) is 18.4 Å². The highest BCUT2D eigenvalue weighted by Gasteiger charge is 2.54. The number of fused-ring (bicyclic) bond motifs is 1. The van der Waals surface area contributed by atoms with Crippen LogP contribution in [0.4, 0.5) is 0 Å². The Balaban J connectivity index is 2.30. The van der Waals surface area contributed by atoms with Crippen LogP contribution in [0.25, 0.3) is 0 Å². The second-order valence-electron chi connectivity index (χ2n) is 8.57. The molecule has 1 heterocycles. The number of aldehydes is 1. The summed E-state index contributed by atoms with van der Waals surface area (Å²) in [4.78, 5) is 23.2. The van der Waals surface area contributed by atoms with Crippen molar-refractivity contribution >= 4 is 12.3 Å². The summed E-state index contributed by atoms with van der Waals surface area (Å²) < 4.78 is 11.1. The minimum atomic E-state index is -0.622. The fourth-order valence-electron chi connectivity index (χ4n) is 4.36. The Kier molecular flexibility index (Phi) is 7.40. The quantitative estimate of drug-likeness (QED) is 0.317. The molecule has 0 bridgehead atoms. The van der Waals surface area contributed by atoms with Crippen LogP contribution in [0.15, 0.2) is 23.3 Å². The molecule has 0 spiro atoms. The molecule has 1 aliphatic heterocycles. The van der Waals surface area contributed by atoms with E-state index in [1.165, 1.54) is 12.5 Å². The highest BCUT2D eigenvalue weighted by molar-refractivity contribution is 5.74. The van der Waals surface area contributed by atoms with Gasteiger partial charge < -0.3 is 14.6 Å². The summed E-state index contributed by atoms with van der Waals surface area (Å²) >= 11 is 0. The fourth-order valence-corrected chi connectivity index (χ4v) is 4.36. The zero-order chi connectivity index (χ0) is 20.2. The molecule has 5 nitrogen and oxygen atoms in total. The van der Waals surface area contributed by atoms with Crippen molar-refractivity contribution in [1.29, 1.82) is 0 Å². The monoisotopic (exact) mass is 378 g/mol. The van der Waals surface area contributed by atoms with Crippen molar-refractivity contribution in [3.8, 4) is 0 Å². The van der Waals surface area contributed by atoms with Crippen molar-refractivity contribution in [1.82, 2.24) is 0 Å². The summed E-state index contributed by atoms with van der Waals surface area (Å²) in [6, 6.07) is 0. The van der Waals surface area contributed by atoms with Gasteiger partial charge in [0.1, 0.15) is 6.29 Å². The van der Waals surface area contributed by atoms with Gasteiger partial charge in [-0.2, -0.15) is 0 Å². The third kappa shape index (κ3) is 5.76. The van der Waals surface area contributed by atoms with Crippen molar-refractivity contribution in [3.05, 3.63) is 23.3 Å². The number of allylic oxidation sites excluding steroid dienone is 2. The first-order chi connectivity index (χ1) is 12.7. The first-order valence-electron chi connectivity index (χ1n) is 9.95. The topological polar surface area (TPSA) is 76.1 Å². The molecule has 0 aromatic rings. The lowest BCUT2D eigenvalue weighted by Crippen LogP contribution is -2.39. The van der Waals surface area contributed by atoms with Crippen molar-refractivity contribution in [3.63, 3.8) is 0 Å². The van der Waals surface area contributed by atoms with Gasteiger partial charge in [-0.15, -0.1) is 0 Å². The van der Waals surface area contributed by atoms with E-state index in [1.54, 1.807) is 0 Å². The van der Waals surface area contributed by atoms with Crippen molar-refractivity contribution in [2.24, 2.45) is 17.8 Å². The van der Waals surface area contributed by atoms with Crippen molar-refractivity contribution in [2.45, 2.75) is 78.1 Å². The maximum absolute atomic E-state index is 11.8. The molecular formula is C22H34O5. The number of esters is 1. The molecule has 1 N–H and O–H groups in total. The van der Waals surface area contributed by atoms with E-state index in [4.69, 9.17) is 9.47 Å². The summed E-state index contributed by atoms with van der Waals surface area (Å²) in [7, 11) is 0. The number of carbonyl (C=O) groups excluding carboxylic acids is 2. The molecule has 1 fully saturated rings. The lowest BCUT2D eigenvalue weighted by Gasteiger charge is -2.36. The van der Waals surface area contributed by atoms with Gasteiger partial charge in [0.25, 0.3) is 0 Å². The molecule has 0 radical (unpaired) electrons. The lowest BCUT2D eigenvalue weighted by molar-refractivity contribution is -0.143. The van der Waals surface area contributed by atoms with Crippen LogP contribution in [0.1, 0.15) is 60.3 Å². The molecule has 0 aromatic carbocycles. The van der Waals surface area contributed by atoms with E-state index in [1.807, 2.05) is 13.0 Å². The number of rotatable bonds is 7. The predicted molar refractivity (Wildman–Crippen MR) is 104 cm³/mol. The van der Waals surface area contributed by atoms with E-state index >= 15 is 0 Å². The first-order valence-corrected chi connectivity index (χ1v) is 9.95. The molecule has 2 rings (SSSR count). The van der Waals surface area contributed by atoms with Crippen LogP contribution in [0.2, 0.25) is 0 Å². The highest BCUT2D eigenvalue weighted by atomic mass is 16.6. The molecular weight excluding hydrogens is 344 g/mol. The Morgan fingerprint density at radius 2 is 2.15 bits per heavy atom. The molecule has 2 aliphatic rings. The van der Waals surface area contributed by atoms with Crippen LogP contribution in [0, 0.1) is 17.8 Å². The van der Waals surface area contributed by atoms with Gasteiger partial charge in [-0.05, 0) is 57.4 Å². The Hall–Kier alpha value is -1.46. The smallest absolute Gasteiger partial charge is 0.302 e. The van der Waals surface area contributed by atoms with Crippen molar-refractivity contribution in [2.75, 3.05) is 6.61 Å². The maximum Gasteiger partial charge on any atom is 0.302 e. The highest BCUT2D eigenvalue weighted by Crippen LogP contribution is 2.47. The molecule has 1 saturated heterocycles. The van der Waals surface area contributed by atoms with Gasteiger partial charge in [0.05, 0.1) is 24.4 Å². The van der Waals surface area contributed by atoms with Crippen LogP contribution >= 0.6 is 0 Å². The molecule has 1 aliphatic carbocycles. The normalized spacial score (nSPS) is 34.1. The molecule has 6 unspecified atom stereocenters. The van der Waals surface area contributed by atoms with Crippen LogP contribution in [0.3, 0.4) is 0 Å². The van der Waals surface area contributed by atoms with Crippen LogP contribution < -0.4 is 0 Å². The summed E-state index contributed by atoms with van der Waals surface area (Å²) in [5, 5.41) is 11.1. The second kappa shape index (κ2) is 9.16. The Bertz CT molecular complexity index is 604. The van der Waals surface area contributed by atoms with E-state index in [0.717, 1.165) is 19.1 Å². The zero-order valence-electron chi connectivity index (χ0n) is 17.2. The standard InChI is InChI=1S/C22H34O5/c1-14(2)7-6-8-15(3)21-18(13-26-16(4)24)17(12-23)9-10-20-22(5,27-20)11-19(21)25/h7,9,12,15,18-21,25H,6,8,10-11,13H2,1-5H3. The molecule has 0 aromatic heterocycles. The lowest BCUT2D eigenvalue weighted by atomic mass is 9.72. The predicted octanol–water partition coefficient (Wildman–Crippen LogP) is 3.60. The first kappa shape index (κ1) is 21.8. The number of aliphatic hydroxyl groups excluding tert-OH is 1. The van der Waals surface area contributed by atoms with Crippen molar-refractivity contribution < 1.29 is 24.2 Å². The number of hydrogen-bond acceptors (Lipinski definition) is 5. The third-order valence-electron chi connectivity index (χ3n) is 5.99. The summed E-state index contributed by atoms with van der Waals surface area (Å²) in [5.41, 5.74) is 1.54. The number of epoxide rings is 1. The fraction of sp³-hybridized carbons (Fsp3) is 0.727. The largest absolute Gasteiger partial charge is 0.465 e. The Labute approximate surface area is 162 Å². The average Bonchev–Trinajstić information content (AvgIpc) is 3.20. The Morgan fingerprint density at radius 3 is 2.74 bits per heavy atom. The van der Waals surface area contributed by atoms with Gasteiger partial charge >= 0.3 is 5.97 Å². The summed E-state index contributed by atoms with van der Waals surface area (Å²) in [5.74, 6) is -0.683.